The number of unbranched alkanes of at least 4 members (excludes halogenated alkanes) is 1. The third-order valence-corrected chi connectivity index (χ3v) is 3.60. The van der Waals surface area contributed by atoms with E-state index < -0.39 is 0 Å². The number of hydrogen-bond donors (Lipinski definition) is 1. The number of rotatable bonds is 9. The van der Waals surface area contributed by atoms with Gasteiger partial charge in [0.15, 0.2) is 0 Å². The zero-order chi connectivity index (χ0) is 13.1. The van der Waals surface area contributed by atoms with Crippen LogP contribution in [0.1, 0.15) is 51.4 Å². The first-order valence-electron chi connectivity index (χ1n) is 7.31. The number of ether oxygens (including phenoxy) is 1. The van der Waals surface area contributed by atoms with Crippen molar-refractivity contribution in [2.75, 3.05) is 19.8 Å². The van der Waals surface area contributed by atoms with Gasteiger partial charge < -0.3 is 10.1 Å². The summed E-state index contributed by atoms with van der Waals surface area (Å²) in [4.78, 5) is 10.9. The quantitative estimate of drug-likeness (QED) is 0.506. The van der Waals surface area contributed by atoms with Gasteiger partial charge in [0.1, 0.15) is 0 Å². The summed E-state index contributed by atoms with van der Waals surface area (Å²) in [5.74, 6) is 0.818. The minimum atomic E-state index is -0.0896. The van der Waals surface area contributed by atoms with Gasteiger partial charge in [0.2, 0.25) is 5.91 Å². The van der Waals surface area contributed by atoms with Crippen LogP contribution in [0.3, 0.4) is 0 Å². The molecule has 0 saturated heterocycles. The molecule has 0 bridgehead atoms. The van der Waals surface area contributed by atoms with Crippen molar-refractivity contribution in [3.63, 3.8) is 0 Å². The Kier molecular flexibility index (Phi) is 8.57. The van der Waals surface area contributed by atoms with Gasteiger partial charge in [-0.25, -0.2) is 0 Å². The van der Waals surface area contributed by atoms with E-state index in [9.17, 15) is 4.79 Å². The third kappa shape index (κ3) is 7.49. The highest BCUT2D eigenvalue weighted by molar-refractivity contribution is 5.86. The second kappa shape index (κ2) is 10.1. The van der Waals surface area contributed by atoms with Gasteiger partial charge in [0.25, 0.3) is 0 Å². The van der Waals surface area contributed by atoms with E-state index in [-0.39, 0.29) is 5.91 Å². The van der Waals surface area contributed by atoms with E-state index in [1.807, 2.05) is 0 Å². The number of carbonyl (C=O) groups is 1. The molecule has 0 spiro atoms. The Hall–Kier alpha value is -0.830. The minimum Gasteiger partial charge on any atom is -0.381 e. The van der Waals surface area contributed by atoms with E-state index in [1.54, 1.807) is 0 Å². The van der Waals surface area contributed by atoms with E-state index in [1.165, 1.54) is 44.6 Å². The van der Waals surface area contributed by atoms with Crippen molar-refractivity contribution in [1.82, 2.24) is 5.32 Å². The number of hydrogen-bond acceptors (Lipinski definition) is 2. The molecule has 1 N–H and O–H groups in total. The van der Waals surface area contributed by atoms with Crippen LogP contribution in [0.4, 0.5) is 0 Å². The van der Waals surface area contributed by atoms with E-state index in [0.29, 0.717) is 0 Å². The molecule has 18 heavy (non-hydrogen) atoms. The Balaban J connectivity index is 1.80. The van der Waals surface area contributed by atoms with Gasteiger partial charge in [-0.05, 0) is 31.3 Å². The second-order valence-electron chi connectivity index (χ2n) is 5.11. The smallest absolute Gasteiger partial charge is 0.243 e. The van der Waals surface area contributed by atoms with Crippen molar-refractivity contribution in [2.24, 2.45) is 5.92 Å². The number of nitrogens with one attached hydrogen (secondary N) is 1. The first-order valence-corrected chi connectivity index (χ1v) is 7.31. The predicted molar refractivity (Wildman–Crippen MR) is 74.5 cm³/mol. The third-order valence-electron chi connectivity index (χ3n) is 3.60. The van der Waals surface area contributed by atoms with Gasteiger partial charge >= 0.3 is 0 Å². The van der Waals surface area contributed by atoms with Crippen LogP contribution in [0, 0.1) is 5.92 Å². The topological polar surface area (TPSA) is 38.3 Å². The lowest BCUT2D eigenvalue weighted by molar-refractivity contribution is -0.116. The maximum absolute atomic E-state index is 10.9. The Morgan fingerprint density at radius 1 is 1.22 bits per heavy atom. The fourth-order valence-corrected chi connectivity index (χ4v) is 2.44. The summed E-state index contributed by atoms with van der Waals surface area (Å²) in [5, 5.41) is 2.76. The molecule has 0 radical (unpaired) electrons. The molecule has 0 atom stereocenters. The molecule has 3 nitrogen and oxygen atoms in total. The molecule has 1 aliphatic rings. The highest BCUT2D eigenvalue weighted by Crippen LogP contribution is 2.25. The Morgan fingerprint density at radius 2 is 2.00 bits per heavy atom. The monoisotopic (exact) mass is 253 g/mol. The van der Waals surface area contributed by atoms with Crippen molar-refractivity contribution in [1.29, 1.82) is 0 Å². The molecule has 104 valence electrons. The molecular formula is C15H27NO2. The molecule has 0 aromatic rings. The summed E-state index contributed by atoms with van der Waals surface area (Å²) in [6.07, 6.45) is 11.6. The Labute approximate surface area is 111 Å². The van der Waals surface area contributed by atoms with Crippen molar-refractivity contribution in [3.05, 3.63) is 12.7 Å². The average molecular weight is 253 g/mol. The molecule has 0 aromatic heterocycles. The van der Waals surface area contributed by atoms with Gasteiger partial charge in [-0.2, -0.15) is 0 Å². The van der Waals surface area contributed by atoms with Crippen LogP contribution in [0.15, 0.2) is 12.7 Å². The predicted octanol–water partition coefficient (Wildman–Crippen LogP) is 3.06. The van der Waals surface area contributed by atoms with E-state index >= 15 is 0 Å². The molecule has 1 saturated carbocycles. The summed E-state index contributed by atoms with van der Waals surface area (Å²) >= 11 is 0. The normalized spacial score (nSPS) is 16.4. The highest BCUT2D eigenvalue weighted by Gasteiger charge is 2.12. The molecule has 3 heteroatoms. The molecule has 1 amide bonds. The number of amides is 1. The first-order chi connectivity index (χ1) is 8.83. The summed E-state index contributed by atoms with van der Waals surface area (Å²) in [6.45, 7) is 5.85. The molecule has 1 rings (SSSR count). The van der Waals surface area contributed by atoms with Crippen LogP contribution >= 0.6 is 0 Å². The first kappa shape index (κ1) is 15.2. The fraction of sp³-hybridized carbons (Fsp3) is 0.800. The van der Waals surface area contributed by atoms with Crippen molar-refractivity contribution < 1.29 is 9.53 Å². The highest BCUT2D eigenvalue weighted by atomic mass is 16.5. The van der Waals surface area contributed by atoms with Gasteiger partial charge in [0.05, 0.1) is 0 Å². The van der Waals surface area contributed by atoms with Crippen LogP contribution in [0.2, 0.25) is 0 Å². The molecule has 0 aliphatic heterocycles. The summed E-state index contributed by atoms with van der Waals surface area (Å²) in [7, 11) is 0. The lowest BCUT2D eigenvalue weighted by atomic mass is 9.87. The largest absolute Gasteiger partial charge is 0.381 e. The summed E-state index contributed by atoms with van der Waals surface area (Å²) < 4.78 is 5.64. The minimum absolute atomic E-state index is 0.0896. The van der Waals surface area contributed by atoms with E-state index in [2.05, 4.69) is 11.9 Å². The van der Waals surface area contributed by atoms with Gasteiger partial charge in [0, 0.05) is 19.8 Å². The zero-order valence-electron chi connectivity index (χ0n) is 11.5. The second-order valence-corrected chi connectivity index (χ2v) is 5.11. The molecule has 0 aromatic carbocycles. The number of carbonyl (C=O) groups excluding carboxylic acids is 1. The van der Waals surface area contributed by atoms with Crippen LogP contribution < -0.4 is 5.32 Å². The molecule has 1 fully saturated rings. The van der Waals surface area contributed by atoms with Gasteiger partial charge in [-0.3, -0.25) is 4.79 Å². The van der Waals surface area contributed by atoms with Gasteiger partial charge in [-0.15, -0.1) is 0 Å². The zero-order valence-corrected chi connectivity index (χ0v) is 11.5. The molecule has 0 heterocycles. The summed E-state index contributed by atoms with van der Waals surface area (Å²) in [6, 6.07) is 0. The van der Waals surface area contributed by atoms with Crippen LogP contribution in [-0.2, 0) is 9.53 Å². The standard InChI is InChI=1S/C15H27NO2/c1-2-15(17)16-11-6-7-12-18-13-10-14-8-4-3-5-9-14/h2,14H,1,3-13H2,(H,16,17). The van der Waals surface area contributed by atoms with E-state index in [4.69, 9.17) is 4.74 Å². The lowest BCUT2D eigenvalue weighted by Crippen LogP contribution is -2.22. The fourth-order valence-electron chi connectivity index (χ4n) is 2.44. The average Bonchev–Trinajstić information content (AvgIpc) is 2.42. The van der Waals surface area contributed by atoms with Crippen LogP contribution in [0.25, 0.3) is 0 Å². The van der Waals surface area contributed by atoms with Crippen LogP contribution in [0.5, 0.6) is 0 Å². The lowest BCUT2D eigenvalue weighted by Gasteiger charge is -2.21. The Morgan fingerprint density at radius 3 is 2.72 bits per heavy atom. The van der Waals surface area contributed by atoms with E-state index in [0.717, 1.165) is 38.5 Å². The molecule has 0 unspecified atom stereocenters. The Bertz CT molecular complexity index is 235. The van der Waals surface area contributed by atoms with Gasteiger partial charge in [-0.1, -0.05) is 38.7 Å². The van der Waals surface area contributed by atoms with Crippen molar-refractivity contribution in [2.45, 2.75) is 51.4 Å². The van der Waals surface area contributed by atoms with Crippen LogP contribution in [-0.4, -0.2) is 25.7 Å². The SMILES string of the molecule is C=CC(=O)NCCCCOCCC1CCCCC1. The maximum atomic E-state index is 10.9. The summed E-state index contributed by atoms with van der Waals surface area (Å²) in [5.41, 5.74) is 0. The van der Waals surface area contributed by atoms with Crippen molar-refractivity contribution in [3.8, 4) is 0 Å². The van der Waals surface area contributed by atoms with Crippen molar-refractivity contribution >= 4 is 5.91 Å². The molecular weight excluding hydrogens is 226 g/mol. The maximum Gasteiger partial charge on any atom is 0.243 e. The molecule has 1 aliphatic carbocycles.